The molecule has 32 heavy (non-hydrogen) atoms. The summed E-state index contributed by atoms with van der Waals surface area (Å²) in [5.74, 6) is 0. The second-order valence-corrected chi connectivity index (χ2v) is 9.71. The average molecular weight is 566 g/mol. The second kappa shape index (κ2) is 7.37. The first-order valence-corrected chi connectivity index (χ1v) is 11.8. The summed E-state index contributed by atoms with van der Waals surface area (Å²) in [4.78, 5) is 23.2. The molecule has 4 nitrogen and oxygen atoms in total. The molecule has 0 saturated heterocycles. The summed E-state index contributed by atoms with van der Waals surface area (Å²) in [5, 5.41) is 3.98. The van der Waals surface area contributed by atoms with E-state index in [1.165, 1.54) is 0 Å². The maximum atomic E-state index is 13.7. The first kappa shape index (κ1) is 19.9. The first-order chi connectivity index (χ1) is 15.5. The van der Waals surface area contributed by atoms with E-state index >= 15 is 0 Å². The number of aromatic nitrogens is 3. The van der Waals surface area contributed by atoms with Gasteiger partial charge in [0.2, 0.25) is 0 Å². The van der Waals surface area contributed by atoms with Crippen LogP contribution in [0.25, 0.3) is 49.5 Å². The van der Waals surface area contributed by atoms with Gasteiger partial charge in [-0.15, -0.1) is 0 Å². The van der Waals surface area contributed by atoms with Crippen molar-refractivity contribution in [3.05, 3.63) is 97.2 Å². The lowest BCUT2D eigenvalue weighted by atomic mass is 10.00. The third kappa shape index (κ3) is 2.98. The van der Waals surface area contributed by atoms with Crippen LogP contribution in [0.1, 0.15) is 0 Å². The molecule has 0 radical (unpaired) electrons. The van der Waals surface area contributed by atoms with E-state index in [2.05, 4.69) is 55.0 Å². The van der Waals surface area contributed by atoms with E-state index in [1.54, 1.807) is 16.7 Å². The summed E-state index contributed by atoms with van der Waals surface area (Å²) in [6.07, 6.45) is 1.70. The number of hydrogen-bond acceptors (Lipinski definition) is 3. The lowest BCUT2D eigenvalue weighted by Gasteiger charge is -2.13. The molecule has 6 rings (SSSR count). The maximum absolute atomic E-state index is 13.7. The van der Waals surface area contributed by atoms with E-state index in [0.717, 1.165) is 36.2 Å². The van der Waals surface area contributed by atoms with Crippen LogP contribution in [0.5, 0.6) is 0 Å². The van der Waals surface area contributed by atoms with Gasteiger partial charge in [0.05, 0.1) is 10.9 Å². The van der Waals surface area contributed by atoms with Gasteiger partial charge in [0.15, 0.2) is 0 Å². The molecule has 0 bridgehead atoms. The van der Waals surface area contributed by atoms with Crippen LogP contribution in [0, 0.1) is 0 Å². The molecule has 0 unspecified atom stereocenters. The Bertz CT molecular complexity index is 1780. The molecule has 0 aliphatic heterocycles. The van der Waals surface area contributed by atoms with Crippen molar-refractivity contribution in [3.63, 3.8) is 0 Å². The molecule has 0 atom stereocenters. The van der Waals surface area contributed by atoms with E-state index in [4.69, 9.17) is 16.6 Å². The van der Waals surface area contributed by atoms with Crippen molar-refractivity contribution in [1.82, 2.24) is 14.4 Å². The number of pyridine rings is 2. The largest absolute Gasteiger partial charge is 0.268 e. The molecule has 7 heteroatoms. The molecule has 3 aromatic heterocycles. The Labute approximate surface area is 203 Å². The zero-order valence-corrected chi connectivity index (χ0v) is 20.2. The topological polar surface area (TPSA) is 47.3 Å². The average Bonchev–Trinajstić information content (AvgIpc) is 2.80. The predicted octanol–water partition coefficient (Wildman–Crippen LogP) is 7.39. The van der Waals surface area contributed by atoms with E-state index in [1.807, 2.05) is 42.5 Å². The van der Waals surface area contributed by atoms with Crippen LogP contribution in [-0.4, -0.2) is 14.4 Å². The third-order valence-corrected chi connectivity index (χ3v) is 6.93. The van der Waals surface area contributed by atoms with Crippen LogP contribution in [0.2, 0.25) is 5.02 Å². The van der Waals surface area contributed by atoms with Gasteiger partial charge in [0.1, 0.15) is 11.3 Å². The van der Waals surface area contributed by atoms with E-state index < -0.39 is 0 Å². The van der Waals surface area contributed by atoms with Gasteiger partial charge in [-0.1, -0.05) is 51.8 Å². The predicted molar refractivity (Wildman–Crippen MR) is 138 cm³/mol. The van der Waals surface area contributed by atoms with Gasteiger partial charge >= 0.3 is 0 Å². The normalized spacial score (nSPS) is 11.7. The molecule has 0 fully saturated rings. The molecular formula is C25H12Br2ClN3O. The number of halogens is 3. The Morgan fingerprint density at radius 2 is 1.56 bits per heavy atom. The van der Waals surface area contributed by atoms with Crippen LogP contribution in [0.4, 0.5) is 0 Å². The van der Waals surface area contributed by atoms with E-state index in [0.29, 0.717) is 27.2 Å². The molecule has 0 amide bonds. The summed E-state index contributed by atoms with van der Waals surface area (Å²) in [5.41, 5.74) is 3.67. The fourth-order valence-corrected chi connectivity index (χ4v) is 5.60. The van der Waals surface area contributed by atoms with Gasteiger partial charge in [0, 0.05) is 30.9 Å². The Hall–Kier alpha value is -2.80. The van der Waals surface area contributed by atoms with Crippen molar-refractivity contribution in [1.29, 1.82) is 0 Å². The van der Waals surface area contributed by atoms with Crippen LogP contribution in [-0.2, 0) is 0 Å². The number of rotatable bonds is 1. The smallest absolute Gasteiger partial charge is 0.267 e. The van der Waals surface area contributed by atoms with Crippen molar-refractivity contribution >= 4 is 81.8 Å². The molecule has 3 heterocycles. The van der Waals surface area contributed by atoms with E-state index in [9.17, 15) is 4.79 Å². The minimum atomic E-state index is -0.158. The van der Waals surface area contributed by atoms with Crippen molar-refractivity contribution < 1.29 is 0 Å². The number of benzene rings is 3. The van der Waals surface area contributed by atoms with Crippen LogP contribution >= 0.6 is 43.5 Å². The first-order valence-electron chi connectivity index (χ1n) is 9.79. The standard InChI is InChI=1S/C25H12Br2ClN3O/c26-15-11-20-22(21(27)12-15)30-24-19-10-14(13-3-6-16(28)7-4-13)5-8-17(19)18-2-1-9-29-23(18)31(24)25(20)32/h1-12H. The maximum Gasteiger partial charge on any atom is 0.267 e. The zero-order chi connectivity index (χ0) is 22.0. The van der Waals surface area contributed by atoms with E-state index in [-0.39, 0.29) is 5.56 Å². The summed E-state index contributed by atoms with van der Waals surface area (Å²) in [7, 11) is 0. The molecule has 3 aromatic carbocycles. The van der Waals surface area contributed by atoms with Crippen molar-refractivity contribution in [2.75, 3.05) is 0 Å². The van der Waals surface area contributed by atoms with Crippen LogP contribution < -0.4 is 5.56 Å². The van der Waals surface area contributed by atoms with Gasteiger partial charge in [-0.3, -0.25) is 4.79 Å². The monoisotopic (exact) mass is 563 g/mol. The molecule has 6 aromatic rings. The SMILES string of the molecule is O=c1c2cc(Br)cc(Br)c2nc2c3cc(-c4ccc(Cl)cc4)ccc3c3cccnc3n12. The molecular weight excluding hydrogens is 554 g/mol. The Morgan fingerprint density at radius 3 is 2.38 bits per heavy atom. The highest BCUT2D eigenvalue weighted by atomic mass is 79.9. The van der Waals surface area contributed by atoms with Crippen molar-refractivity contribution in [2.24, 2.45) is 0 Å². The van der Waals surface area contributed by atoms with Gasteiger partial charge in [-0.25, -0.2) is 14.4 Å². The lowest BCUT2D eigenvalue weighted by molar-refractivity contribution is 1.10. The summed E-state index contributed by atoms with van der Waals surface area (Å²) in [6.45, 7) is 0. The Morgan fingerprint density at radius 1 is 0.781 bits per heavy atom. The molecule has 0 saturated carbocycles. The number of hydrogen-bond donors (Lipinski definition) is 0. The summed E-state index contributed by atoms with van der Waals surface area (Å²) < 4.78 is 3.17. The fourth-order valence-electron chi connectivity index (χ4n) is 4.16. The van der Waals surface area contributed by atoms with Gasteiger partial charge in [-0.2, -0.15) is 0 Å². The minimum Gasteiger partial charge on any atom is -0.268 e. The molecule has 0 N–H and O–H groups in total. The van der Waals surface area contributed by atoms with Gasteiger partial charge in [-0.05, 0) is 74.9 Å². The van der Waals surface area contributed by atoms with Crippen molar-refractivity contribution in [3.8, 4) is 11.1 Å². The third-order valence-electron chi connectivity index (χ3n) is 5.62. The molecule has 0 aliphatic carbocycles. The highest BCUT2D eigenvalue weighted by Crippen LogP contribution is 2.33. The number of nitrogens with zero attached hydrogens (tertiary/aromatic N) is 3. The fraction of sp³-hybridized carbons (Fsp3) is 0. The highest BCUT2D eigenvalue weighted by Gasteiger charge is 2.17. The highest BCUT2D eigenvalue weighted by molar-refractivity contribution is 9.11. The Kier molecular flexibility index (Phi) is 4.57. The zero-order valence-electron chi connectivity index (χ0n) is 16.3. The van der Waals surface area contributed by atoms with Gasteiger partial charge < -0.3 is 0 Å². The van der Waals surface area contributed by atoms with Crippen LogP contribution in [0.3, 0.4) is 0 Å². The second-order valence-electron chi connectivity index (χ2n) is 7.50. The van der Waals surface area contributed by atoms with Gasteiger partial charge in [0.25, 0.3) is 5.56 Å². The molecule has 0 aliphatic rings. The molecule has 154 valence electrons. The number of fused-ring (bicyclic) bond motifs is 7. The van der Waals surface area contributed by atoms with Crippen LogP contribution in [0.15, 0.2) is 86.7 Å². The van der Waals surface area contributed by atoms with Crippen molar-refractivity contribution in [2.45, 2.75) is 0 Å². The summed E-state index contributed by atoms with van der Waals surface area (Å²) in [6, 6.07) is 21.5. The summed E-state index contributed by atoms with van der Waals surface area (Å²) >= 11 is 13.1. The Balaban J connectivity index is 1.84. The molecule has 0 spiro atoms. The quantitative estimate of drug-likeness (QED) is 0.154. The minimum absolute atomic E-state index is 0.158. The lowest BCUT2D eigenvalue weighted by Crippen LogP contribution is -2.17.